The Hall–Kier alpha value is -1.85. The van der Waals surface area contributed by atoms with Crippen LogP contribution in [0.4, 0.5) is 0 Å². The van der Waals surface area contributed by atoms with Gasteiger partial charge in [-0.2, -0.15) is 0 Å². The molecule has 51 heavy (non-hydrogen) atoms. The predicted octanol–water partition coefficient (Wildman–Crippen LogP) is 8.19. The van der Waals surface area contributed by atoms with Gasteiger partial charge < -0.3 is 39.4 Å². The van der Waals surface area contributed by atoms with Crippen molar-refractivity contribution in [1.29, 1.82) is 0 Å². The number of rotatable bonds is 33. The zero-order valence-corrected chi connectivity index (χ0v) is 32.1. The first kappa shape index (κ1) is 47.2. The van der Waals surface area contributed by atoms with E-state index in [0.29, 0.717) is 13.0 Å². The van der Waals surface area contributed by atoms with Crippen LogP contribution in [0.15, 0.2) is 48.6 Å². The van der Waals surface area contributed by atoms with Gasteiger partial charge >= 0.3 is 5.97 Å². The van der Waals surface area contributed by atoms with Gasteiger partial charge in [0.1, 0.15) is 30.5 Å². The van der Waals surface area contributed by atoms with E-state index in [1.807, 2.05) is 0 Å². The molecule has 0 amide bonds. The Labute approximate surface area is 310 Å². The number of carbonyl (C=O) groups is 1. The molecule has 9 nitrogen and oxygen atoms in total. The number of hydrogen-bond acceptors (Lipinski definition) is 9. The third-order valence-corrected chi connectivity index (χ3v) is 9.01. The molecule has 6 atom stereocenters. The molecule has 0 aromatic heterocycles. The Morgan fingerprint density at radius 3 is 1.78 bits per heavy atom. The van der Waals surface area contributed by atoms with Gasteiger partial charge in [-0.3, -0.25) is 4.79 Å². The lowest BCUT2D eigenvalue weighted by Gasteiger charge is -2.39. The number of aliphatic hydroxyl groups excluding tert-OH is 4. The molecule has 0 aliphatic carbocycles. The summed E-state index contributed by atoms with van der Waals surface area (Å²) in [5.74, 6) is -0.334. The quantitative estimate of drug-likeness (QED) is 0.0301. The number of allylic oxidation sites excluding steroid dienone is 8. The minimum Gasteiger partial charge on any atom is -0.457 e. The lowest BCUT2D eigenvalue weighted by molar-refractivity contribution is -0.305. The van der Waals surface area contributed by atoms with Crippen LogP contribution in [0, 0.1) is 0 Å². The highest BCUT2D eigenvalue weighted by Crippen LogP contribution is 2.22. The second-order valence-corrected chi connectivity index (χ2v) is 13.7. The lowest BCUT2D eigenvalue weighted by atomic mass is 9.99. The summed E-state index contributed by atoms with van der Waals surface area (Å²) in [5, 5.41) is 39.7. The topological polar surface area (TPSA) is 135 Å². The molecule has 1 heterocycles. The van der Waals surface area contributed by atoms with Crippen molar-refractivity contribution in [3.05, 3.63) is 48.6 Å². The smallest absolute Gasteiger partial charge is 0.306 e. The summed E-state index contributed by atoms with van der Waals surface area (Å²) in [6.07, 6.45) is 33.5. The number of esters is 1. The molecule has 296 valence electrons. The molecule has 0 radical (unpaired) electrons. The minimum absolute atomic E-state index is 0.116. The summed E-state index contributed by atoms with van der Waals surface area (Å²) >= 11 is 0. The van der Waals surface area contributed by atoms with Crippen LogP contribution in [0.25, 0.3) is 0 Å². The highest BCUT2D eigenvalue weighted by molar-refractivity contribution is 5.69. The molecule has 6 unspecified atom stereocenters. The van der Waals surface area contributed by atoms with E-state index in [1.54, 1.807) is 0 Å². The molecule has 0 spiro atoms. The predicted molar refractivity (Wildman–Crippen MR) is 205 cm³/mol. The molecule has 0 aromatic rings. The Morgan fingerprint density at radius 2 is 1.20 bits per heavy atom. The molecular weight excluding hydrogens is 648 g/mol. The first-order valence-corrected chi connectivity index (χ1v) is 20.2. The molecule has 1 aliphatic rings. The van der Waals surface area contributed by atoms with Crippen molar-refractivity contribution in [3.8, 4) is 0 Å². The van der Waals surface area contributed by atoms with E-state index in [4.69, 9.17) is 18.9 Å². The molecule has 0 aromatic carbocycles. The van der Waals surface area contributed by atoms with Crippen LogP contribution in [0.2, 0.25) is 0 Å². The van der Waals surface area contributed by atoms with E-state index in [2.05, 4.69) is 62.5 Å². The van der Waals surface area contributed by atoms with Gasteiger partial charge in [0.05, 0.1) is 19.8 Å². The van der Waals surface area contributed by atoms with Gasteiger partial charge in [0.15, 0.2) is 6.29 Å². The summed E-state index contributed by atoms with van der Waals surface area (Å²) in [6, 6.07) is 0. The van der Waals surface area contributed by atoms with Crippen LogP contribution >= 0.6 is 0 Å². The zero-order chi connectivity index (χ0) is 37.2. The van der Waals surface area contributed by atoms with Crippen molar-refractivity contribution >= 4 is 5.97 Å². The molecule has 0 saturated carbocycles. The van der Waals surface area contributed by atoms with Gasteiger partial charge in [0, 0.05) is 13.0 Å². The van der Waals surface area contributed by atoms with Gasteiger partial charge in [-0.1, -0.05) is 140 Å². The lowest BCUT2D eigenvalue weighted by Crippen LogP contribution is -2.59. The van der Waals surface area contributed by atoms with Crippen LogP contribution in [0.5, 0.6) is 0 Å². The summed E-state index contributed by atoms with van der Waals surface area (Å²) in [6.45, 7) is 4.30. The maximum absolute atomic E-state index is 12.4. The van der Waals surface area contributed by atoms with Crippen molar-refractivity contribution in [1.82, 2.24) is 0 Å². The zero-order valence-electron chi connectivity index (χ0n) is 32.1. The van der Waals surface area contributed by atoms with E-state index in [-0.39, 0.29) is 19.2 Å². The van der Waals surface area contributed by atoms with E-state index in [0.717, 1.165) is 64.2 Å². The summed E-state index contributed by atoms with van der Waals surface area (Å²) in [7, 11) is 0. The molecule has 1 rings (SSSR count). The largest absolute Gasteiger partial charge is 0.457 e. The second kappa shape index (κ2) is 34.0. The minimum atomic E-state index is -1.53. The van der Waals surface area contributed by atoms with Gasteiger partial charge in [-0.05, 0) is 51.4 Å². The summed E-state index contributed by atoms with van der Waals surface area (Å²) in [5.41, 5.74) is 0. The highest BCUT2D eigenvalue weighted by atomic mass is 16.7. The summed E-state index contributed by atoms with van der Waals surface area (Å²) in [4.78, 5) is 12.4. The molecule has 4 N–H and O–H groups in total. The molecule has 1 fully saturated rings. The number of carbonyl (C=O) groups excluding carboxylic acids is 1. The first-order valence-electron chi connectivity index (χ1n) is 20.2. The maximum atomic E-state index is 12.4. The first-order chi connectivity index (χ1) is 24.9. The maximum Gasteiger partial charge on any atom is 0.306 e. The fourth-order valence-corrected chi connectivity index (χ4v) is 5.83. The molecule has 9 heteroatoms. The Kier molecular flexibility index (Phi) is 31.4. The number of aliphatic hydroxyl groups is 4. The van der Waals surface area contributed by atoms with Crippen molar-refractivity contribution in [2.75, 3.05) is 26.4 Å². The normalized spacial score (nSPS) is 21.9. The molecule has 0 bridgehead atoms. The van der Waals surface area contributed by atoms with Crippen molar-refractivity contribution < 1.29 is 44.2 Å². The highest BCUT2D eigenvalue weighted by Gasteiger charge is 2.44. The van der Waals surface area contributed by atoms with E-state index < -0.39 is 43.4 Å². The van der Waals surface area contributed by atoms with Crippen LogP contribution in [0.1, 0.15) is 149 Å². The van der Waals surface area contributed by atoms with Crippen molar-refractivity contribution in [2.45, 2.75) is 185 Å². The third-order valence-electron chi connectivity index (χ3n) is 9.01. The van der Waals surface area contributed by atoms with Crippen LogP contribution in [-0.2, 0) is 23.7 Å². The van der Waals surface area contributed by atoms with Crippen LogP contribution in [0.3, 0.4) is 0 Å². The number of unbranched alkanes of at least 4 members (excludes halogenated alkanes) is 14. The number of hydrogen-bond donors (Lipinski definition) is 4. The van der Waals surface area contributed by atoms with Gasteiger partial charge in [0.25, 0.3) is 0 Å². The Balaban J connectivity index is 2.11. The van der Waals surface area contributed by atoms with Crippen molar-refractivity contribution in [2.24, 2.45) is 0 Å². The Bertz CT molecular complexity index is 916. The van der Waals surface area contributed by atoms with E-state index in [1.165, 1.54) is 64.2 Å². The molecule has 1 saturated heterocycles. The fourth-order valence-electron chi connectivity index (χ4n) is 5.83. The average molecular weight is 723 g/mol. The standard InChI is InChI=1S/C42H74O9/c1-3-5-7-9-10-11-12-13-14-15-16-17-18-19-20-21-22-23-24-25-26-27-28-30-32-48-34-36(50-38(44)31-29-8-6-4-2)35-49-42-41(47)40(46)39(45)37(33-43)51-42/h5,7,10-11,13-14,16-17,36-37,39-43,45-47H,3-4,6,8-9,12,15,18-35H2,1-2H3/b7-5-,11-10-,14-13-,17-16-. The molecular formula is C42H74O9. The van der Waals surface area contributed by atoms with E-state index >= 15 is 0 Å². The van der Waals surface area contributed by atoms with Gasteiger partial charge in [-0.15, -0.1) is 0 Å². The van der Waals surface area contributed by atoms with Gasteiger partial charge in [-0.25, -0.2) is 0 Å². The summed E-state index contributed by atoms with van der Waals surface area (Å²) < 4.78 is 22.5. The van der Waals surface area contributed by atoms with Gasteiger partial charge in [0.2, 0.25) is 0 Å². The van der Waals surface area contributed by atoms with Crippen LogP contribution < -0.4 is 0 Å². The van der Waals surface area contributed by atoms with Crippen LogP contribution in [-0.4, -0.2) is 89.6 Å². The monoisotopic (exact) mass is 723 g/mol. The Morgan fingerprint density at radius 1 is 0.647 bits per heavy atom. The van der Waals surface area contributed by atoms with Crippen molar-refractivity contribution in [3.63, 3.8) is 0 Å². The fraction of sp³-hybridized carbons (Fsp3) is 0.786. The third kappa shape index (κ3) is 25.7. The molecule has 1 aliphatic heterocycles. The average Bonchev–Trinajstić information content (AvgIpc) is 3.13. The SMILES string of the molecule is CC/C=C\C/C=C\C/C=C\C/C=C\CCCCCCCCCCCCCOCC(COC1OC(CO)C(O)C(O)C1O)OC(=O)CCCCCC. The number of ether oxygens (including phenoxy) is 4. The van der Waals surface area contributed by atoms with E-state index in [9.17, 15) is 25.2 Å². The second-order valence-electron chi connectivity index (χ2n) is 13.7.